The minimum absolute atomic E-state index is 0. The third-order valence-corrected chi connectivity index (χ3v) is 4.00. The first-order valence-corrected chi connectivity index (χ1v) is 7.07. The highest BCUT2D eigenvalue weighted by molar-refractivity contribution is 5.92. The van der Waals surface area contributed by atoms with E-state index >= 15 is 0 Å². The van der Waals surface area contributed by atoms with Gasteiger partial charge in [0.25, 0.3) is 5.91 Å². The average Bonchev–Trinajstić information content (AvgIpc) is 2.97. The van der Waals surface area contributed by atoms with Gasteiger partial charge in [0.2, 0.25) is 0 Å². The molecule has 0 spiro atoms. The molecule has 1 atom stereocenters. The van der Waals surface area contributed by atoms with Crippen molar-refractivity contribution in [2.24, 2.45) is 0 Å². The second-order valence-corrected chi connectivity index (χ2v) is 5.29. The molecule has 3 rings (SSSR count). The van der Waals surface area contributed by atoms with E-state index in [0.717, 1.165) is 45.8 Å². The minimum atomic E-state index is -0.0203. The lowest BCUT2D eigenvalue weighted by atomic mass is 10.2. The van der Waals surface area contributed by atoms with Gasteiger partial charge in [-0.05, 0) is 18.6 Å². The fourth-order valence-corrected chi connectivity index (χ4v) is 2.90. The Morgan fingerprint density at radius 2 is 1.95 bits per heavy atom. The molecule has 8 heteroatoms. The molecule has 0 radical (unpaired) electrons. The van der Waals surface area contributed by atoms with Gasteiger partial charge in [-0.2, -0.15) is 0 Å². The Balaban J connectivity index is 0.00000121. The summed E-state index contributed by atoms with van der Waals surface area (Å²) in [6.45, 7) is 5.07. The molecule has 0 aliphatic carbocycles. The first kappa shape index (κ1) is 19.0. The summed E-state index contributed by atoms with van der Waals surface area (Å²) < 4.78 is 5.37. The minimum Gasteiger partial charge on any atom is -0.384 e. The van der Waals surface area contributed by atoms with Crippen molar-refractivity contribution in [2.45, 2.75) is 12.5 Å². The van der Waals surface area contributed by atoms with E-state index in [2.05, 4.69) is 9.88 Å². The Morgan fingerprint density at radius 3 is 2.64 bits per heavy atom. The number of pyridine rings is 1. The number of carbonyl (C=O) groups is 1. The molecule has 124 valence electrons. The molecule has 2 saturated heterocycles. The standard InChI is InChI=1S/C14H20N4O2.2ClH/c15-13-3-1-2-12(16-13)14(19)18-5-4-11(10-18)17-6-8-20-9-7-17;;/h1-3,11H,4-10H2,(H2,15,16);2*1H. The lowest BCUT2D eigenvalue weighted by Crippen LogP contribution is -2.45. The Labute approximate surface area is 142 Å². The van der Waals surface area contributed by atoms with Crippen LogP contribution < -0.4 is 5.73 Å². The Morgan fingerprint density at radius 1 is 1.23 bits per heavy atom. The first-order chi connectivity index (χ1) is 9.74. The lowest BCUT2D eigenvalue weighted by molar-refractivity contribution is 0.0185. The molecule has 2 fully saturated rings. The molecule has 22 heavy (non-hydrogen) atoms. The molecule has 3 heterocycles. The van der Waals surface area contributed by atoms with Gasteiger partial charge in [-0.3, -0.25) is 9.69 Å². The molecular formula is C14H22Cl2N4O2. The highest BCUT2D eigenvalue weighted by Crippen LogP contribution is 2.18. The number of aromatic nitrogens is 1. The number of halogens is 2. The zero-order chi connectivity index (χ0) is 13.9. The van der Waals surface area contributed by atoms with E-state index in [9.17, 15) is 4.79 Å². The average molecular weight is 349 g/mol. The van der Waals surface area contributed by atoms with Crippen LogP contribution in [0.4, 0.5) is 5.82 Å². The van der Waals surface area contributed by atoms with Gasteiger partial charge < -0.3 is 15.4 Å². The van der Waals surface area contributed by atoms with E-state index < -0.39 is 0 Å². The Kier molecular flexibility index (Phi) is 7.35. The van der Waals surface area contributed by atoms with E-state index in [1.165, 1.54) is 0 Å². The number of ether oxygens (including phenoxy) is 1. The van der Waals surface area contributed by atoms with Crippen molar-refractivity contribution >= 4 is 36.5 Å². The van der Waals surface area contributed by atoms with Gasteiger partial charge >= 0.3 is 0 Å². The van der Waals surface area contributed by atoms with Crippen LogP contribution in [0.25, 0.3) is 0 Å². The number of likely N-dealkylation sites (tertiary alicyclic amines) is 1. The second-order valence-electron chi connectivity index (χ2n) is 5.29. The van der Waals surface area contributed by atoms with E-state index in [-0.39, 0.29) is 30.7 Å². The van der Waals surface area contributed by atoms with Crippen molar-refractivity contribution in [2.75, 3.05) is 45.1 Å². The van der Waals surface area contributed by atoms with Crippen LogP contribution in [0.2, 0.25) is 0 Å². The summed E-state index contributed by atoms with van der Waals surface area (Å²) in [6, 6.07) is 5.63. The van der Waals surface area contributed by atoms with E-state index in [1.807, 2.05) is 4.90 Å². The number of morpholine rings is 1. The zero-order valence-electron chi connectivity index (χ0n) is 12.3. The maximum absolute atomic E-state index is 12.4. The summed E-state index contributed by atoms with van der Waals surface area (Å²) in [5.41, 5.74) is 6.07. The molecule has 1 amide bonds. The summed E-state index contributed by atoms with van der Waals surface area (Å²) in [6.07, 6.45) is 1.02. The molecule has 1 unspecified atom stereocenters. The molecule has 0 bridgehead atoms. The number of nitrogens with zero attached hydrogens (tertiary/aromatic N) is 3. The second kappa shape index (κ2) is 8.53. The predicted octanol–water partition coefficient (Wildman–Crippen LogP) is 1.05. The van der Waals surface area contributed by atoms with Gasteiger partial charge in [0.1, 0.15) is 11.5 Å². The van der Waals surface area contributed by atoms with Crippen molar-refractivity contribution in [1.82, 2.24) is 14.8 Å². The number of hydrogen-bond donors (Lipinski definition) is 1. The number of amides is 1. The summed E-state index contributed by atoms with van der Waals surface area (Å²) in [4.78, 5) is 20.8. The highest BCUT2D eigenvalue weighted by atomic mass is 35.5. The van der Waals surface area contributed by atoms with Crippen molar-refractivity contribution in [3.63, 3.8) is 0 Å². The van der Waals surface area contributed by atoms with Gasteiger partial charge in [-0.15, -0.1) is 24.8 Å². The molecule has 1 aromatic rings. The van der Waals surface area contributed by atoms with E-state index in [0.29, 0.717) is 17.6 Å². The third kappa shape index (κ3) is 4.23. The summed E-state index contributed by atoms with van der Waals surface area (Å²) >= 11 is 0. The van der Waals surface area contributed by atoms with Crippen LogP contribution in [0.5, 0.6) is 0 Å². The largest absolute Gasteiger partial charge is 0.384 e. The third-order valence-electron chi connectivity index (χ3n) is 4.00. The number of rotatable bonds is 2. The van der Waals surface area contributed by atoms with Crippen molar-refractivity contribution in [3.8, 4) is 0 Å². The molecule has 0 aromatic carbocycles. The highest BCUT2D eigenvalue weighted by Gasteiger charge is 2.31. The van der Waals surface area contributed by atoms with Crippen LogP contribution in [-0.2, 0) is 4.74 Å². The molecule has 6 nitrogen and oxygen atoms in total. The summed E-state index contributed by atoms with van der Waals surface area (Å²) in [7, 11) is 0. The fourth-order valence-electron chi connectivity index (χ4n) is 2.90. The monoisotopic (exact) mass is 348 g/mol. The van der Waals surface area contributed by atoms with E-state index in [1.54, 1.807) is 18.2 Å². The molecule has 2 aliphatic heterocycles. The van der Waals surface area contributed by atoms with Crippen LogP contribution in [-0.4, -0.2) is 66.1 Å². The maximum Gasteiger partial charge on any atom is 0.272 e. The Hall–Kier alpha value is -1.08. The topological polar surface area (TPSA) is 71.7 Å². The first-order valence-electron chi connectivity index (χ1n) is 7.07. The van der Waals surface area contributed by atoms with Gasteiger partial charge in [-0.1, -0.05) is 6.07 Å². The van der Waals surface area contributed by atoms with Crippen molar-refractivity contribution < 1.29 is 9.53 Å². The van der Waals surface area contributed by atoms with Gasteiger partial charge in [-0.25, -0.2) is 4.98 Å². The zero-order valence-corrected chi connectivity index (χ0v) is 13.9. The quantitative estimate of drug-likeness (QED) is 0.864. The fraction of sp³-hybridized carbons (Fsp3) is 0.571. The van der Waals surface area contributed by atoms with Gasteiger partial charge in [0, 0.05) is 32.2 Å². The normalized spacial score (nSPS) is 21.8. The number of nitrogen functional groups attached to an aromatic ring is 1. The van der Waals surface area contributed by atoms with Crippen LogP contribution in [0.3, 0.4) is 0 Å². The summed E-state index contributed by atoms with van der Waals surface area (Å²) in [5, 5.41) is 0. The maximum atomic E-state index is 12.4. The number of anilines is 1. The predicted molar refractivity (Wildman–Crippen MR) is 89.8 cm³/mol. The smallest absolute Gasteiger partial charge is 0.272 e. The number of carbonyl (C=O) groups excluding carboxylic acids is 1. The summed E-state index contributed by atoms with van der Waals surface area (Å²) in [5.74, 6) is 0.368. The molecule has 2 N–H and O–H groups in total. The molecule has 0 saturated carbocycles. The SMILES string of the molecule is Cl.Cl.Nc1cccc(C(=O)N2CCC(N3CCOCC3)C2)n1. The van der Waals surface area contributed by atoms with Crippen LogP contribution in [0.15, 0.2) is 18.2 Å². The van der Waals surface area contributed by atoms with Crippen LogP contribution in [0, 0.1) is 0 Å². The number of nitrogens with two attached hydrogens (primary N) is 1. The molecular weight excluding hydrogens is 327 g/mol. The molecule has 2 aliphatic rings. The Bertz CT molecular complexity index is 497. The van der Waals surface area contributed by atoms with Crippen LogP contribution in [0.1, 0.15) is 16.9 Å². The molecule has 1 aromatic heterocycles. The van der Waals surface area contributed by atoms with E-state index in [4.69, 9.17) is 10.5 Å². The lowest BCUT2D eigenvalue weighted by Gasteiger charge is -2.32. The van der Waals surface area contributed by atoms with Crippen molar-refractivity contribution in [1.29, 1.82) is 0 Å². The van der Waals surface area contributed by atoms with Gasteiger partial charge in [0.05, 0.1) is 13.2 Å². The van der Waals surface area contributed by atoms with Gasteiger partial charge in [0.15, 0.2) is 0 Å². The van der Waals surface area contributed by atoms with Crippen molar-refractivity contribution in [3.05, 3.63) is 23.9 Å². The number of hydrogen-bond acceptors (Lipinski definition) is 5. The van der Waals surface area contributed by atoms with Crippen LogP contribution >= 0.6 is 24.8 Å².